The maximum absolute atomic E-state index is 13.0. The third-order valence-electron chi connectivity index (χ3n) is 4.18. The van der Waals surface area contributed by atoms with Gasteiger partial charge in [-0.05, 0) is 10.9 Å². The van der Waals surface area contributed by atoms with Crippen LogP contribution in [-0.4, -0.2) is 10.9 Å². The molecule has 1 aromatic heterocycles. The molecule has 4 aromatic rings. The van der Waals surface area contributed by atoms with Crippen LogP contribution >= 0.6 is 8.19 Å². The topological polar surface area (TPSA) is 37.3 Å². The normalized spacial score (nSPS) is 11.0. The van der Waals surface area contributed by atoms with E-state index in [2.05, 4.69) is 0 Å². The van der Waals surface area contributed by atoms with Crippen LogP contribution in [0.25, 0.3) is 21.6 Å². The zero-order valence-electron chi connectivity index (χ0n) is 13.4. The number of carbonyl (C=O) groups excluding carboxylic acids is 1. The van der Waals surface area contributed by atoms with Gasteiger partial charge in [0, 0.05) is 16.2 Å². The fourth-order valence-electron chi connectivity index (χ4n) is 2.95. The molecule has 0 unspecified atom stereocenters. The van der Waals surface area contributed by atoms with Crippen molar-refractivity contribution in [1.29, 1.82) is 0 Å². The number of carbonyl (C=O) groups is 1. The maximum atomic E-state index is 13.0. The van der Waals surface area contributed by atoms with Gasteiger partial charge < -0.3 is 5.11 Å². The molecule has 0 aliphatic heterocycles. The Morgan fingerprint density at radius 2 is 1.28 bits per heavy atom. The molecule has 1 N–H and O–H groups in total. The summed E-state index contributed by atoms with van der Waals surface area (Å²) in [7, 11) is 0.723. The molecule has 0 aliphatic carbocycles. The van der Waals surface area contributed by atoms with Gasteiger partial charge in [-0.2, -0.15) is 0 Å². The van der Waals surface area contributed by atoms with Crippen LogP contribution in [0.1, 0.15) is 15.7 Å². The van der Waals surface area contributed by atoms with Crippen molar-refractivity contribution in [2.75, 3.05) is 0 Å². The summed E-state index contributed by atoms with van der Waals surface area (Å²) in [6.07, 6.45) is 0. The van der Waals surface area contributed by atoms with E-state index in [1.807, 2.05) is 72.8 Å². The van der Waals surface area contributed by atoms with Gasteiger partial charge in [-0.1, -0.05) is 93.1 Å². The third-order valence-corrected chi connectivity index (χ3v) is 5.54. The molecule has 0 amide bonds. The van der Waals surface area contributed by atoms with E-state index in [-0.39, 0.29) is 11.5 Å². The van der Waals surface area contributed by atoms with Crippen molar-refractivity contribution in [3.8, 4) is 16.6 Å². The Bertz CT molecular complexity index is 1060. The monoisotopic (exact) mass is 342 g/mol. The van der Waals surface area contributed by atoms with Crippen molar-refractivity contribution in [3.63, 3.8) is 0 Å². The summed E-state index contributed by atoms with van der Waals surface area (Å²) in [5.41, 5.74) is 1.64. The van der Waals surface area contributed by atoms with Crippen molar-refractivity contribution in [3.05, 3.63) is 95.8 Å². The van der Waals surface area contributed by atoms with E-state index in [4.69, 9.17) is 0 Å². The number of ketones is 1. The van der Waals surface area contributed by atoms with Gasteiger partial charge in [0.25, 0.3) is 0 Å². The first-order valence-corrected chi connectivity index (χ1v) is 8.92. The second kappa shape index (κ2) is 6.51. The predicted molar refractivity (Wildman–Crippen MR) is 103 cm³/mol. The molecule has 120 valence electrons. The van der Waals surface area contributed by atoms with Gasteiger partial charge in [0.15, 0.2) is 0 Å². The van der Waals surface area contributed by atoms with Crippen molar-refractivity contribution in [1.82, 2.24) is 0 Å². The largest absolute Gasteiger partial charge is 0.506 e. The SMILES string of the molecule is O=C(c1ccccc1)c1pc(-c2ccccc2)c2ccccc2c1O. The van der Waals surface area contributed by atoms with Gasteiger partial charge in [0.2, 0.25) is 5.78 Å². The Kier molecular flexibility index (Phi) is 4.05. The van der Waals surface area contributed by atoms with Gasteiger partial charge >= 0.3 is 0 Å². The van der Waals surface area contributed by atoms with E-state index in [9.17, 15) is 9.90 Å². The first-order valence-electron chi connectivity index (χ1n) is 8.02. The highest BCUT2D eigenvalue weighted by molar-refractivity contribution is 7.37. The maximum Gasteiger partial charge on any atom is 0.201 e. The van der Waals surface area contributed by atoms with Crippen molar-refractivity contribution in [2.45, 2.75) is 0 Å². The van der Waals surface area contributed by atoms with Crippen LogP contribution in [0.5, 0.6) is 5.75 Å². The summed E-state index contributed by atoms with van der Waals surface area (Å²) in [5.74, 6) is -0.0616. The standard InChI is InChI=1S/C22H15O2P/c23-19(15-9-3-1-4-10-15)22-20(24)17-13-7-8-14-18(17)21(25-22)16-11-5-2-6-12-16/h1-14,24H. The number of fused-ring (bicyclic) bond motifs is 1. The molecule has 2 nitrogen and oxygen atoms in total. The molecule has 0 atom stereocenters. The molecule has 0 saturated heterocycles. The summed E-state index contributed by atoms with van der Waals surface area (Å²) in [6.45, 7) is 0. The van der Waals surface area contributed by atoms with Gasteiger partial charge in [-0.25, -0.2) is 0 Å². The van der Waals surface area contributed by atoms with Gasteiger partial charge in [-0.15, -0.1) is 0 Å². The molecule has 0 bridgehead atoms. The lowest BCUT2D eigenvalue weighted by molar-refractivity contribution is 0.104. The molecular weight excluding hydrogens is 327 g/mol. The molecule has 1 heterocycles. The summed E-state index contributed by atoms with van der Waals surface area (Å²) in [6, 6.07) is 26.8. The van der Waals surface area contributed by atoms with Crippen LogP contribution in [0.15, 0.2) is 84.9 Å². The van der Waals surface area contributed by atoms with Crippen molar-refractivity contribution in [2.24, 2.45) is 0 Å². The minimum absolute atomic E-state index is 0.0748. The number of aromatic hydroxyl groups is 1. The Morgan fingerprint density at radius 1 is 0.720 bits per heavy atom. The lowest BCUT2D eigenvalue weighted by Crippen LogP contribution is -2.00. The summed E-state index contributed by atoms with van der Waals surface area (Å²) < 4.78 is 0. The molecule has 3 heteroatoms. The van der Waals surface area contributed by atoms with E-state index in [0.29, 0.717) is 16.2 Å². The van der Waals surface area contributed by atoms with Crippen molar-refractivity contribution >= 4 is 24.7 Å². The second-order valence-electron chi connectivity index (χ2n) is 5.76. The van der Waals surface area contributed by atoms with E-state index < -0.39 is 0 Å². The van der Waals surface area contributed by atoms with E-state index in [0.717, 1.165) is 24.4 Å². The average Bonchev–Trinajstić information content (AvgIpc) is 2.69. The van der Waals surface area contributed by atoms with Crippen LogP contribution < -0.4 is 0 Å². The number of rotatable bonds is 3. The molecule has 3 aromatic carbocycles. The molecule has 0 saturated carbocycles. The lowest BCUT2D eigenvalue weighted by Gasteiger charge is -2.12. The Hall–Kier alpha value is -2.96. The number of benzene rings is 3. The van der Waals surface area contributed by atoms with E-state index in [1.165, 1.54) is 0 Å². The number of hydrogen-bond donors (Lipinski definition) is 1. The molecule has 0 aliphatic rings. The van der Waals surface area contributed by atoms with Crippen LogP contribution in [-0.2, 0) is 0 Å². The lowest BCUT2D eigenvalue weighted by atomic mass is 10.0. The van der Waals surface area contributed by atoms with Gasteiger partial charge in [-0.3, -0.25) is 4.79 Å². The van der Waals surface area contributed by atoms with E-state index in [1.54, 1.807) is 12.1 Å². The summed E-state index contributed by atoms with van der Waals surface area (Å²) >= 11 is 0. The molecular formula is C22H15O2P. The van der Waals surface area contributed by atoms with Gasteiger partial charge in [0.1, 0.15) is 5.75 Å². The minimum Gasteiger partial charge on any atom is -0.506 e. The quantitative estimate of drug-likeness (QED) is 0.462. The van der Waals surface area contributed by atoms with Gasteiger partial charge in [0.05, 0.1) is 5.30 Å². The Balaban J connectivity index is 2.00. The third kappa shape index (κ3) is 2.82. The smallest absolute Gasteiger partial charge is 0.201 e. The van der Waals surface area contributed by atoms with Crippen LogP contribution in [0.2, 0.25) is 0 Å². The van der Waals surface area contributed by atoms with E-state index >= 15 is 0 Å². The van der Waals surface area contributed by atoms with Crippen LogP contribution in [0.4, 0.5) is 0 Å². The van der Waals surface area contributed by atoms with Crippen LogP contribution in [0.3, 0.4) is 0 Å². The molecule has 0 radical (unpaired) electrons. The first-order chi connectivity index (χ1) is 12.3. The zero-order chi connectivity index (χ0) is 17.2. The first kappa shape index (κ1) is 15.6. The summed E-state index contributed by atoms with van der Waals surface area (Å²) in [5, 5.41) is 13.9. The predicted octanol–water partition coefficient (Wildman–Crippen LogP) is 6.02. The molecule has 25 heavy (non-hydrogen) atoms. The Morgan fingerprint density at radius 3 is 1.96 bits per heavy atom. The number of hydrogen-bond acceptors (Lipinski definition) is 2. The fraction of sp³-hybridized carbons (Fsp3) is 0. The highest BCUT2D eigenvalue weighted by atomic mass is 31.0. The second-order valence-corrected chi connectivity index (χ2v) is 6.88. The highest BCUT2D eigenvalue weighted by Gasteiger charge is 2.19. The molecule has 0 spiro atoms. The van der Waals surface area contributed by atoms with Crippen molar-refractivity contribution < 1.29 is 9.90 Å². The molecule has 4 rings (SSSR count). The molecule has 0 fully saturated rings. The minimum atomic E-state index is -0.136. The fourth-order valence-corrected chi connectivity index (χ4v) is 4.22. The van der Waals surface area contributed by atoms with Crippen LogP contribution in [0, 0.1) is 0 Å². The zero-order valence-corrected chi connectivity index (χ0v) is 14.3. The average molecular weight is 342 g/mol. The Labute approximate surface area is 147 Å². The summed E-state index contributed by atoms with van der Waals surface area (Å²) in [4.78, 5) is 13.0. The highest BCUT2D eigenvalue weighted by Crippen LogP contribution is 2.44.